The van der Waals surface area contributed by atoms with Crippen LogP contribution in [0.25, 0.3) is 0 Å². The number of para-hydroxylation sites is 1. The molecule has 8 heteroatoms. The SMILES string of the molecule is COCc1ccccc1NC(=O)CC(O)c1nc(OC)cc(OC)n1. The first-order valence-electron chi connectivity index (χ1n) is 7.59. The number of aliphatic hydroxyl groups is 1. The number of hydrogen-bond donors (Lipinski definition) is 2. The first kappa shape index (κ1) is 18.6. The van der Waals surface area contributed by atoms with Crippen molar-refractivity contribution in [2.24, 2.45) is 0 Å². The van der Waals surface area contributed by atoms with Crippen LogP contribution in [0.1, 0.15) is 23.9 Å². The van der Waals surface area contributed by atoms with Crippen LogP contribution in [0.4, 0.5) is 5.69 Å². The summed E-state index contributed by atoms with van der Waals surface area (Å²) < 4.78 is 15.2. The molecule has 1 heterocycles. The predicted octanol–water partition coefficient (Wildman–Crippen LogP) is 1.70. The summed E-state index contributed by atoms with van der Waals surface area (Å²) in [5, 5.41) is 13.0. The second kappa shape index (κ2) is 8.95. The third-order valence-corrected chi connectivity index (χ3v) is 3.38. The number of ether oxygens (including phenoxy) is 3. The molecule has 25 heavy (non-hydrogen) atoms. The summed E-state index contributed by atoms with van der Waals surface area (Å²) in [4.78, 5) is 20.3. The molecular formula is C17H21N3O5. The number of nitrogens with one attached hydrogen (secondary N) is 1. The molecule has 1 amide bonds. The minimum absolute atomic E-state index is 0.0523. The Labute approximate surface area is 145 Å². The van der Waals surface area contributed by atoms with Gasteiger partial charge in [0.25, 0.3) is 0 Å². The zero-order valence-corrected chi connectivity index (χ0v) is 14.4. The van der Waals surface area contributed by atoms with Crippen molar-refractivity contribution in [3.05, 3.63) is 41.7 Å². The fourth-order valence-electron chi connectivity index (χ4n) is 2.17. The first-order chi connectivity index (χ1) is 12.1. The maximum Gasteiger partial charge on any atom is 0.227 e. The monoisotopic (exact) mass is 347 g/mol. The molecule has 0 radical (unpaired) electrons. The van der Waals surface area contributed by atoms with Gasteiger partial charge in [0.1, 0.15) is 6.10 Å². The molecule has 0 aliphatic heterocycles. The molecule has 0 saturated carbocycles. The molecule has 2 aromatic rings. The number of carbonyl (C=O) groups is 1. The number of benzene rings is 1. The van der Waals surface area contributed by atoms with Crippen LogP contribution in [-0.2, 0) is 16.1 Å². The van der Waals surface area contributed by atoms with Gasteiger partial charge in [-0.05, 0) is 6.07 Å². The minimum atomic E-state index is -1.20. The number of nitrogens with zero attached hydrogens (tertiary/aromatic N) is 2. The van der Waals surface area contributed by atoms with Gasteiger partial charge in [-0.1, -0.05) is 18.2 Å². The van der Waals surface area contributed by atoms with Crippen LogP contribution in [0.15, 0.2) is 30.3 Å². The van der Waals surface area contributed by atoms with Crippen LogP contribution in [0.2, 0.25) is 0 Å². The van der Waals surface area contributed by atoms with Gasteiger partial charge < -0.3 is 24.6 Å². The molecule has 1 aromatic heterocycles. The lowest BCUT2D eigenvalue weighted by Gasteiger charge is -2.13. The Morgan fingerprint density at radius 2 is 1.80 bits per heavy atom. The van der Waals surface area contributed by atoms with E-state index in [0.717, 1.165) is 5.56 Å². The Hall–Kier alpha value is -2.71. The van der Waals surface area contributed by atoms with E-state index in [1.54, 1.807) is 19.2 Å². The van der Waals surface area contributed by atoms with Gasteiger partial charge >= 0.3 is 0 Å². The van der Waals surface area contributed by atoms with E-state index in [1.165, 1.54) is 20.3 Å². The van der Waals surface area contributed by atoms with E-state index < -0.39 is 6.10 Å². The van der Waals surface area contributed by atoms with Crippen molar-refractivity contribution in [3.63, 3.8) is 0 Å². The Balaban J connectivity index is 2.08. The average molecular weight is 347 g/mol. The summed E-state index contributed by atoms with van der Waals surface area (Å²) in [6.45, 7) is 0.370. The Kier molecular flexibility index (Phi) is 6.67. The van der Waals surface area contributed by atoms with Crippen molar-refractivity contribution >= 4 is 11.6 Å². The number of amides is 1. The van der Waals surface area contributed by atoms with Crippen LogP contribution >= 0.6 is 0 Å². The number of rotatable bonds is 8. The fraction of sp³-hybridized carbons (Fsp3) is 0.353. The van der Waals surface area contributed by atoms with Gasteiger partial charge in [-0.15, -0.1) is 0 Å². The number of hydrogen-bond acceptors (Lipinski definition) is 7. The zero-order valence-electron chi connectivity index (χ0n) is 14.4. The maximum absolute atomic E-state index is 12.2. The quantitative estimate of drug-likeness (QED) is 0.749. The molecule has 134 valence electrons. The molecule has 8 nitrogen and oxygen atoms in total. The number of carbonyl (C=O) groups excluding carboxylic acids is 1. The second-order valence-electron chi connectivity index (χ2n) is 5.17. The number of aliphatic hydroxyl groups excluding tert-OH is 1. The highest BCUT2D eigenvalue weighted by Crippen LogP contribution is 2.22. The van der Waals surface area contributed by atoms with Crippen LogP contribution < -0.4 is 14.8 Å². The smallest absolute Gasteiger partial charge is 0.227 e. The van der Waals surface area contributed by atoms with Crippen molar-refractivity contribution < 1.29 is 24.1 Å². The summed E-state index contributed by atoms with van der Waals surface area (Å²) in [6, 6.07) is 8.77. The van der Waals surface area contributed by atoms with Crippen molar-refractivity contribution in [2.75, 3.05) is 26.6 Å². The van der Waals surface area contributed by atoms with Crippen molar-refractivity contribution in [1.29, 1.82) is 0 Å². The maximum atomic E-state index is 12.2. The van der Waals surface area contributed by atoms with Crippen LogP contribution in [0, 0.1) is 0 Å². The molecule has 1 aromatic carbocycles. The highest BCUT2D eigenvalue weighted by Gasteiger charge is 2.19. The Morgan fingerprint density at radius 3 is 2.40 bits per heavy atom. The average Bonchev–Trinajstić information content (AvgIpc) is 2.62. The number of aromatic nitrogens is 2. The van der Waals surface area contributed by atoms with Gasteiger partial charge in [0.15, 0.2) is 5.82 Å². The summed E-state index contributed by atoms with van der Waals surface area (Å²) >= 11 is 0. The molecule has 0 saturated heterocycles. The lowest BCUT2D eigenvalue weighted by molar-refractivity contribution is -0.118. The van der Waals surface area contributed by atoms with E-state index in [4.69, 9.17) is 14.2 Å². The third kappa shape index (κ3) is 5.13. The minimum Gasteiger partial charge on any atom is -0.481 e. The van der Waals surface area contributed by atoms with Gasteiger partial charge in [0.05, 0.1) is 33.3 Å². The molecule has 0 aliphatic carbocycles. The lowest BCUT2D eigenvalue weighted by atomic mass is 10.1. The molecule has 0 aliphatic rings. The van der Waals surface area contributed by atoms with Gasteiger partial charge in [-0.25, -0.2) is 0 Å². The van der Waals surface area contributed by atoms with Gasteiger partial charge in [-0.2, -0.15) is 9.97 Å². The van der Waals surface area contributed by atoms with Crippen molar-refractivity contribution in [1.82, 2.24) is 9.97 Å². The third-order valence-electron chi connectivity index (χ3n) is 3.38. The van der Waals surface area contributed by atoms with Crippen molar-refractivity contribution in [2.45, 2.75) is 19.1 Å². The largest absolute Gasteiger partial charge is 0.481 e. The summed E-state index contributed by atoms with van der Waals surface area (Å²) in [5.41, 5.74) is 1.47. The van der Waals surface area contributed by atoms with E-state index in [0.29, 0.717) is 12.3 Å². The van der Waals surface area contributed by atoms with Gasteiger partial charge in [0, 0.05) is 18.4 Å². The zero-order chi connectivity index (χ0) is 18.2. The number of anilines is 1. The van der Waals surface area contributed by atoms with E-state index >= 15 is 0 Å². The Morgan fingerprint density at radius 1 is 1.16 bits per heavy atom. The Bertz CT molecular complexity index is 701. The van der Waals surface area contributed by atoms with Gasteiger partial charge in [-0.3, -0.25) is 4.79 Å². The highest BCUT2D eigenvalue weighted by molar-refractivity contribution is 5.91. The molecule has 0 fully saturated rings. The lowest BCUT2D eigenvalue weighted by Crippen LogP contribution is -2.18. The molecule has 1 unspecified atom stereocenters. The summed E-state index contributed by atoms with van der Waals surface area (Å²) in [6.07, 6.45) is -1.41. The topological polar surface area (TPSA) is 103 Å². The second-order valence-corrected chi connectivity index (χ2v) is 5.17. The molecule has 2 rings (SSSR count). The molecule has 2 N–H and O–H groups in total. The van der Waals surface area contributed by atoms with E-state index in [9.17, 15) is 9.90 Å². The van der Waals surface area contributed by atoms with Gasteiger partial charge in [0.2, 0.25) is 17.7 Å². The van der Waals surface area contributed by atoms with Crippen molar-refractivity contribution in [3.8, 4) is 11.8 Å². The fourth-order valence-corrected chi connectivity index (χ4v) is 2.17. The summed E-state index contributed by atoms with van der Waals surface area (Å²) in [7, 11) is 4.46. The van der Waals surface area contributed by atoms with Crippen LogP contribution in [-0.4, -0.2) is 42.3 Å². The summed E-state index contributed by atoms with van der Waals surface area (Å²) in [5.74, 6) is 0.163. The van der Waals surface area contributed by atoms with E-state index in [1.807, 2.05) is 12.1 Å². The molecular weight excluding hydrogens is 326 g/mol. The molecule has 0 spiro atoms. The van der Waals surface area contributed by atoms with E-state index in [2.05, 4.69) is 15.3 Å². The van der Waals surface area contributed by atoms with E-state index in [-0.39, 0.29) is 29.9 Å². The first-order valence-corrected chi connectivity index (χ1v) is 7.59. The van der Waals surface area contributed by atoms with Crippen LogP contribution in [0.5, 0.6) is 11.8 Å². The van der Waals surface area contributed by atoms with Crippen LogP contribution in [0.3, 0.4) is 0 Å². The predicted molar refractivity (Wildman–Crippen MR) is 90.5 cm³/mol. The molecule has 0 bridgehead atoms. The normalized spacial score (nSPS) is 11.7. The highest BCUT2D eigenvalue weighted by atomic mass is 16.5. The number of methoxy groups -OCH3 is 3. The standard InChI is InChI=1S/C17H21N3O5/c1-23-10-11-6-4-5-7-12(11)18-14(22)8-13(21)17-19-15(24-2)9-16(20-17)25-3/h4-7,9,13,21H,8,10H2,1-3H3,(H,18,22). The molecule has 1 atom stereocenters.